The number of hydrogen-bond acceptors (Lipinski definition) is 13. The number of ether oxygens (including phenoxy) is 7. The van der Waals surface area contributed by atoms with Gasteiger partial charge in [-0.25, -0.2) is 14.0 Å². The second kappa shape index (κ2) is 29.1. The molecule has 71 heavy (non-hydrogen) atoms. The van der Waals surface area contributed by atoms with Crippen molar-refractivity contribution in [1.29, 1.82) is 0 Å². The summed E-state index contributed by atoms with van der Waals surface area (Å²) in [5, 5.41) is 0. The molecule has 13 nitrogen and oxygen atoms in total. The molecule has 1 aliphatic carbocycles. The molecule has 1 fully saturated rings. The van der Waals surface area contributed by atoms with Crippen molar-refractivity contribution in [1.82, 2.24) is 0 Å². The minimum absolute atomic E-state index is 0.0818. The smallest absolute Gasteiger partial charge is 0.333 e. The predicted molar refractivity (Wildman–Crippen MR) is 268 cm³/mol. The van der Waals surface area contributed by atoms with Crippen molar-refractivity contribution in [3.8, 4) is 28.0 Å². The van der Waals surface area contributed by atoms with Gasteiger partial charge in [-0.05, 0) is 122 Å². The lowest BCUT2D eigenvalue weighted by Crippen LogP contribution is -2.44. The maximum atomic E-state index is 16.0. The van der Waals surface area contributed by atoms with E-state index in [4.69, 9.17) is 23.7 Å². The molecule has 0 bridgehead atoms. The number of methoxy groups -OCH3 is 2. The summed E-state index contributed by atoms with van der Waals surface area (Å²) in [6.07, 6.45) is 9.92. The second-order valence-corrected chi connectivity index (χ2v) is 18.6. The number of carbonyl (C=O) groups is 6. The maximum Gasteiger partial charge on any atom is 0.333 e. The molecule has 386 valence electrons. The molecule has 3 aromatic rings. The van der Waals surface area contributed by atoms with E-state index in [0.717, 1.165) is 46.6 Å². The standard InChI is InChI=1S/C57H73FO13/c1-9-11-12-14-40-16-18-42(19-17-40)43-20-24-48(49(58)33-43)45-21-23-47(41(10-2)31-45)44-22-25-50(46(32-44)15-13-30-67-55(63)38(3)4)68-34-57(37-71-56(64)39(5)6,35-69-53(61)28-26-51(59)65-7)36-70-54(62)29-27-52(60)66-8/h20-25,31-33,40,42H,3,5,9-19,26-30,34-37H2,1-2,4,6-8H3. The van der Waals surface area contributed by atoms with Gasteiger partial charge in [0.15, 0.2) is 0 Å². The van der Waals surface area contributed by atoms with Gasteiger partial charge in [0.25, 0.3) is 0 Å². The van der Waals surface area contributed by atoms with Crippen molar-refractivity contribution >= 4 is 35.8 Å². The lowest BCUT2D eigenvalue weighted by Gasteiger charge is -2.32. The lowest BCUT2D eigenvalue weighted by atomic mass is 9.77. The molecule has 0 aliphatic heterocycles. The van der Waals surface area contributed by atoms with Crippen molar-refractivity contribution in [2.75, 3.05) is 47.3 Å². The highest BCUT2D eigenvalue weighted by atomic mass is 19.1. The third-order valence-corrected chi connectivity index (χ3v) is 12.9. The molecule has 0 radical (unpaired) electrons. The average molecular weight is 985 g/mol. The number of esters is 6. The SMILES string of the molecule is C=C(C)C(=O)OCCCc1cc(-c2ccc(-c3ccc(C4CCC(CCCCC)CC4)cc3F)cc2CC)ccc1OCC(COC(=O)CCC(=O)OC)(COC(=O)CCC(=O)OC)COC(=O)C(=C)C. The van der Waals surface area contributed by atoms with E-state index < -0.39 is 61.1 Å². The Balaban J connectivity index is 1.66. The fourth-order valence-electron chi connectivity index (χ4n) is 8.50. The Morgan fingerprint density at radius 2 is 1.17 bits per heavy atom. The van der Waals surface area contributed by atoms with E-state index >= 15 is 4.39 Å². The van der Waals surface area contributed by atoms with Crippen molar-refractivity contribution in [3.05, 3.63) is 101 Å². The first-order valence-electron chi connectivity index (χ1n) is 24.8. The van der Waals surface area contributed by atoms with Crippen LogP contribution in [0.15, 0.2) is 78.9 Å². The molecule has 0 amide bonds. The highest BCUT2D eigenvalue weighted by Gasteiger charge is 2.38. The Morgan fingerprint density at radius 1 is 0.620 bits per heavy atom. The Labute approximate surface area is 418 Å². The number of carbonyl (C=O) groups excluding carboxylic acids is 6. The summed E-state index contributed by atoms with van der Waals surface area (Å²) in [5.74, 6) is -2.81. The van der Waals surface area contributed by atoms with Crippen LogP contribution in [0.25, 0.3) is 22.3 Å². The minimum Gasteiger partial charge on any atom is -0.492 e. The van der Waals surface area contributed by atoms with Crippen LogP contribution in [0, 0.1) is 17.2 Å². The first kappa shape index (κ1) is 57.3. The quantitative estimate of drug-likeness (QED) is 0.0279. The lowest BCUT2D eigenvalue weighted by molar-refractivity contribution is -0.165. The van der Waals surface area contributed by atoms with Gasteiger partial charge in [-0.2, -0.15) is 0 Å². The van der Waals surface area contributed by atoms with E-state index in [1.807, 2.05) is 43.3 Å². The van der Waals surface area contributed by atoms with Crippen LogP contribution in [0.1, 0.15) is 134 Å². The van der Waals surface area contributed by atoms with E-state index in [1.165, 1.54) is 59.7 Å². The summed E-state index contributed by atoms with van der Waals surface area (Å²) in [7, 11) is 2.38. The van der Waals surface area contributed by atoms with Crippen LogP contribution in [0.5, 0.6) is 5.75 Å². The van der Waals surface area contributed by atoms with Crippen LogP contribution >= 0.6 is 0 Å². The molecule has 0 N–H and O–H groups in total. The molecule has 0 spiro atoms. The van der Waals surface area contributed by atoms with Gasteiger partial charge in [-0.1, -0.05) is 89.1 Å². The van der Waals surface area contributed by atoms with E-state index in [2.05, 4.69) is 35.6 Å². The topological polar surface area (TPSA) is 167 Å². The molecule has 3 aromatic carbocycles. The monoisotopic (exact) mass is 985 g/mol. The second-order valence-electron chi connectivity index (χ2n) is 18.6. The van der Waals surface area contributed by atoms with Gasteiger partial charge >= 0.3 is 35.8 Å². The van der Waals surface area contributed by atoms with Crippen molar-refractivity contribution in [3.63, 3.8) is 0 Å². The molecule has 0 aromatic heterocycles. The van der Waals surface area contributed by atoms with Gasteiger partial charge < -0.3 is 33.2 Å². The summed E-state index contributed by atoms with van der Waals surface area (Å²) in [5.41, 5.74) is 4.66. The van der Waals surface area contributed by atoms with Crippen LogP contribution in [-0.2, 0) is 70.0 Å². The van der Waals surface area contributed by atoms with Crippen LogP contribution in [-0.4, -0.2) is 83.1 Å². The summed E-state index contributed by atoms with van der Waals surface area (Å²) < 4.78 is 54.0. The van der Waals surface area contributed by atoms with Crippen LogP contribution in [0.4, 0.5) is 4.39 Å². The summed E-state index contributed by atoms with van der Waals surface area (Å²) in [6, 6.07) is 17.3. The van der Waals surface area contributed by atoms with Crippen LogP contribution in [0.3, 0.4) is 0 Å². The maximum absolute atomic E-state index is 16.0. The molecular formula is C57H73FO13. The number of rotatable bonds is 29. The summed E-state index contributed by atoms with van der Waals surface area (Å²) in [4.78, 5) is 74.4. The molecule has 4 rings (SSSR count). The molecule has 0 heterocycles. The van der Waals surface area contributed by atoms with Crippen molar-refractivity contribution in [2.45, 2.75) is 130 Å². The van der Waals surface area contributed by atoms with Gasteiger partial charge in [0.1, 0.15) is 43.4 Å². The molecule has 0 atom stereocenters. The number of benzene rings is 3. The largest absolute Gasteiger partial charge is 0.492 e. The zero-order valence-corrected chi connectivity index (χ0v) is 42.6. The zero-order chi connectivity index (χ0) is 51.9. The number of halogens is 1. The van der Waals surface area contributed by atoms with Crippen molar-refractivity contribution in [2.24, 2.45) is 11.3 Å². The normalized spacial score (nSPS) is 14.4. The zero-order valence-electron chi connectivity index (χ0n) is 42.6. The fraction of sp³-hybridized carbons (Fsp3) is 0.509. The van der Waals surface area contributed by atoms with Gasteiger partial charge in [0.05, 0.1) is 46.5 Å². The van der Waals surface area contributed by atoms with Crippen LogP contribution in [0.2, 0.25) is 0 Å². The number of unbranched alkanes of at least 4 members (excludes halogenated alkanes) is 2. The van der Waals surface area contributed by atoms with Gasteiger partial charge in [-0.15, -0.1) is 0 Å². The molecular weight excluding hydrogens is 912 g/mol. The summed E-state index contributed by atoms with van der Waals surface area (Å²) in [6.45, 7) is 12.9. The number of hydrogen-bond donors (Lipinski definition) is 0. The van der Waals surface area contributed by atoms with E-state index in [1.54, 1.807) is 19.1 Å². The molecule has 0 saturated heterocycles. The van der Waals surface area contributed by atoms with E-state index in [-0.39, 0.29) is 55.9 Å². The Morgan fingerprint density at radius 3 is 1.75 bits per heavy atom. The van der Waals surface area contributed by atoms with Gasteiger partial charge in [0, 0.05) is 16.7 Å². The Bertz CT molecular complexity index is 2290. The Hall–Kier alpha value is -6.31. The third-order valence-electron chi connectivity index (χ3n) is 12.9. The third kappa shape index (κ3) is 18.4. The number of aryl methyl sites for hydroxylation is 2. The molecule has 1 aliphatic rings. The summed E-state index contributed by atoms with van der Waals surface area (Å²) >= 11 is 0. The van der Waals surface area contributed by atoms with Crippen LogP contribution < -0.4 is 4.74 Å². The molecule has 0 unspecified atom stereocenters. The molecule has 1 saturated carbocycles. The Kier molecular flexibility index (Phi) is 23.5. The molecule has 14 heteroatoms. The average Bonchev–Trinajstić information content (AvgIpc) is 3.37. The first-order valence-corrected chi connectivity index (χ1v) is 24.8. The van der Waals surface area contributed by atoms with E-state index in [0.29, 0.717) is 42.1 Å². The minimum atomic E-state index is -1.52. The highest BCUT2D eigenvalue weighted by molar-refractivity contribution is 5.87. The fourth-order valence-corrected chi connectivity index (χ4v) is 8.50. The first-order chi connectivity index (χ1) is 34.0. The van der Waals surface area contributed by atoms with Gasteiger partial charge in [0.2, 0.25) is 0 Å². The van der Waals surface area contributed by atoms with Gasteiger partial charge in [-0.3, -0.25) is 19.2 Å². The van der Waals surface area contributed by atoms with E-state index in [9.17, 15) is 28.8 Å². The highest BCUT2D eigenvalue weighted by Crippen LogP contribution is 2.40. The predicted octanol–water partition coefficient (Wildman–Crippen LogP) is 11.1. The van der Waals surface area contributed by atoms with Crippen molar-refractivity contribution < 1.29 is 66.3 Å².